The van der Waals surface area contributed by atoms with Crippen LogP contribution in [0.5, 0.6) is 0 Å². The molecule has 0 radical (unpaired) electrons. The topological polar surface area (TPSA) is 65.7 Å². The van der Waals surface area contributed by atoms with E-state index in [0.717, 1.165) is 53.9 Å². The largest absolute Gasteiger partial charge is 0.381 e. The summed E-state index contributed by atoms with van der Waals surface area (Å²) in [6, 6.07) is 8.01. The van der Waals surface area contributed by atoms with Crippen molar-refractivity contribution in [3.05, 3.63) is 42.0 Å². The summed E-state index contributed by atoms with van der Waals surface area (Å²) >= 11 is 0. The van der Waals surface area contributed by atoms with E-state index in [1.54, 1.807) is 7.11 Å². The van der Waals surface area contributed by atoms with E-state index in [0.29, 0.717) is 12.0 Å². The summed E-state index contributed by atoms with van der Waals surface area (Å²) in [4.78, 5) is 9.72. The van der Waals surface area contributed by atoms with Gasteiger partial charge in [-0.25, -0.2) is 14.6 Å². The molecule has 6 nitrogen and oxygen atoms in total. The van der Waals surface area contributed by atoms with Gasteiger partial charge in [-0.1, -0.05) is 38.1 Å². The molecule has 6 heteroatoms. The van der Waals surface area contributed by atoms with Gasteiger partial charge >= 0.3 is 0 Å². The Morgan fingerprint density at radius 3 is 2.52 bits per heavy atom. The second kappa shape index (κ2) is 7.00. The molecular formula is C21H27N5O. The maximum atomic E-state index is 5.55. The molecule has 2 aromatic heterocycles. The highest BCUT2D eigenvalue weighted by Crippen LogP contribution is 2.36. The molecule has 3 aromatic rings. The Morgan fingerprint density at radius 1 is 1.07 bits per heavy atom. The van der Waals surface area contributed by atoms with Crippen molar-refractivity contribution in [2.45, 2.75) is 63.9 Å². The number of hydrogen-bond acceptors (Lipinski definition) is 5. The highest BCUT2D eigenvalue weighted by molar-refractivity contribution is 5.76. The van der Waals surface area contributed by atoms with E-state index in [2.05, 4.69) is 36.1 Å². The lowest BCUT2D eigenvalue weighted by molar-refractivity contribution is 0.0654. The molecule has 1 saturated carbocycles. The number of benzene rings is 1. The summed E-state index contributed by atoms with van der Waals surface area (Å²) in [5.74, 6) is 1.26. The monoisotopic (exact) mass is 365 g/mol. The molecule has 1 aromatic carbocycles. The van der Waals surface area contributed by atoms with Gasteiger partial charge < -0.3 is 4.74 Å². The number of aromatic nitrogens is 5. The van der Waals surface area contributed by atoms with Crippen molar-refractivity contribution in [3.63, 3.8) is 0 Å². The Morgan fingerprint density at radius 2 is 1.81 bits per heavy atom. The fraction of sp³-hybridized carbons (Fsp3) is 0.524. The standard InChI is InChI=1S/C21H27N5O/c1-21(2,3)20-22-13-18(26-17-8-6-5-7-16(17)24-25-26)19(23-20)14-9-11-15(27-4)12-10-14/h5-8,13-15H,9-12H2,1-4H3. The zero-order valence-corrected chi connectivity index (χ0v) is 16.5. The lowest BCUT2D eigenvalue weighted by Crippen LogP contribution is -2.24. The van der Waals surface area contributed by atoms with Crippen LogP contribution in [-0.2, 0) is 10.2 Å². The Balaban J connectivity index is 1.81. The van der Waals surface area contributed by atoms with Gasteiger partial charge in [-0.3, -0.25) is 0 Å². The van der Waals surface area contributed by atoms with Gasteiger partial charge in [0.25, 0.3) is 0 Å². The minimum absolute atomic E-state index is 0.0958. The summed E-state index contributed by atoms with van der Waals surface area (Å²) in [6.07, 6.45) is 6.55. The van der Waals surface area contributed by atoms with E-state index in [9.17, 15) is 0 Å². The first-order valence-corrected chi connectivity index (χ1v) is 9.68. The van der Waals surface area contributed by atoms with Crippen molar-refractivity contribution < 1.29 is 4.74 Å². The molecular weight excluding hydrogens is 338 g/mol. The fourth-order valence-corrected chi connectivity index (χ4v) is 3.83. The number of para-hydroxylation sites is 1. The van der Waals surface area contributed by atoms with E-state index >= 15 is 0 Å². The molecule has 142 valence electrons. The minimum atomic E-state index is -0.0958. The van der Waals surface area contributed by atoms with Crippen LogP contribution in [0.1, 0.15) is 63.9 Å². The first-order valence-electron chi connectivity index (χ1n) is 9.68. The molecule has 1 aliphatic rings. The first kappa shape index (κ1) is 18.0. The van der Waals surface area contributed by atoms with E-state index < -0.39 is 0 Å². The number of rotatable bonds is 3. The van der Waals surface area contributed by atoms with E-state index in [1.165, 1.54) is 0 Å². The van der Waals surface area contributed by atoms with Crippen LogP contribution in [0, 0.1) is 0 Å². The summed E-state index contributed by atoms with van der Waals surface area (Å²) in [5.41, 5.74) is 3.79. The van der Waals surface area contributed by atoms with Gasteiger partial charge in [0.1, 0.15) is 17.0 Å². The SMILES string of the molecule is COC1CCC(c2nc(C(C)(C)C)ncc2-n2nnc3ccccc32)CC1. The lowest BCUT2D eigenvalue weighted by Gasteiger charge is -2.29. The van der Waals surface area contributed by atoms with Crippen molar-refractivity contribution in [3.8, 4) is 5.69 Å². The summed E-state index contributed by atoms with van der Waals surface area (Å²) in [7, 11) is 1.81. The van der Waals surface area contributed by atoms with E-state index in [-0.39, 0.29) is 5.41 Å². The number of hydrogen-bond donors (Lipinski definition) is 0. The Kier molecular flexibility index (Phi) is 4.68. The first-order chi connectivity index (χ1) is 13.0. The van der Waals surface area contributed by atoms with Crippen molar-refractivity contribution in [2.24, 2.45) is 0 Å². The minimum Gasteiger partial charge on any atom is -0.381 e. The molecule has 0 bridgehead atoms. The second-order valence-corrected chi connectivity index (χ2v) is 8.41. The highest BCUT2D eigenvalue weighted by Gasteiger charge is 2.28. The summed E-state index contributed by atoms with van der Waals surface area (Å²) < 4.78 is 7.44. The van der Waals surface area contributed by atoms with Crippen LogP contribution in [0.3, 0.4) is 0 Å². The predicted molar refractivity (Wildman–Crippen MR) is 105 cm³/mol. The molecule has 0 spiro atoms. The molecule has 0 unspecified atom stereocenters. The fourth-order valence-electron chi connectivity index (χ4n) is 3.83. The van der Waals surface area contributed by atoms with E-state index in [4.69, 9.17) is 9.72 Å². The van der Waals surface area contributed by atoms with Gasteiger partial charge in [-0.2, -0.15) is 0 Å². The number of fused-ring (bicyclic) bond motifs is 1. The third-order valence-electron chi connectivity index (χ3n) is 5.44. The average Bonchev–Trinajstić information content (AvgIpc) is 3.11. The Hall–Kier alpha value is -2.34. The molecule has 1 aliphatic carbocycles. The Labute approximate surface area is 160 Å². The van der Waals surface area contributed by atoms with Crippen LogP contribution >= 0.6 is 0 Å². The van der Waals surface area contributed by atoms with Crippen molar-refractivity contribution in [1.82, 2.24) is 25.0 Å². The quantitative estimate of drug-likeness (QED) is 0.696. The average molecular weight is 365 g/mol. The molecule has 27 heavy (non-hydrogen) atoms. The zero-order valence-electron chi connectivity index (χ0n) is 16.5. The van der Waals surface area contributed by atoms with Crippen molar-refractivity contribution in [1.29, 1.82) is 0 Å². The third kappa shape index (κ3) is 3.46. The van der Waals surface area contributed by atoms with Gasteiger partial charge in [0.15, 0.2) is 0 Å². The molecule has 2 heterocycles. The van der Waals surface area contributed by atoms with Gasteiger partial charge in [0, 0.05) is 18.4 Å². The van der Waals surface area contributed by atoms with Gasteiger partial charge in [0.05, 0.1) is 23.5 Å². The van der Waals surface area contributed by atoms with Crippen LogP contribution in [0.15, 0.2) is 30.5 Å². The molecule has 4 rings (SSSR count). The molecule has 0 atom stereocenters. The third-order valence-corrected chi connectivity index (χ3v) is 5.44. The molecule has 0 aliphatic heterocycles. The zero-order chi connectivity index (χ0) is 19.0. The molecule has 1 fully saturated rings. The normalized spacial score (nSPS) is 20.9. The van der Waals surface area contributed by atoms with Crippen LogP contribution < -0.4 is 0 Å². The van der Waals surface area contributed by atoms with Crippen LogP contribution in [-0.4, -0.2) is 38.2 Å². The van der Waals surface area contributed by atoms with Crippen LogP contribution in [0.4, 0.5) is 0 Å². The molecule has 0 N–H and O–H groups in total. The highest BCUT2D eigenvalue weighted by atomic mass is 16.5. The number of nitrogens with zero attached hydrogens (tertiary/aromatic N) is 5. The summed E-state index contributed by atoms with van der Waals surface area (Å²) in [6.45, 7) is 6.45. The lowest BCUT2D eigenvalue weighted by atomic mass is 9.84. The van der Waals surface area contributed by atoms with Gasteiger partial charge in [-0.15, -0.1) is 5.10 Å². The van der Waals surface area contributed by atoms with Crippen molar-refractivity contribution in [2.75, 3.05) is 7.11 Å². The van der Waals surface area contributed by atoms with Crippen LogP contribution in [0.2, 0.25) is 0 Å². The van der Waals surface area contributed by atoms with Crippen LogP contribution in [0.25, 0.3) is 16.7 Å². The maximum Gasteiger partial charge on any atom is 0.134 e. The van der Waals surface area contributed by atoms with E-state index in [1.807, 2.05) is 35.1 Å². The maximum absolute atomic E-state index is 5.55. The summed E-state index contributed by atoms with van der Waals surface area (Å²) in [5, 5.41) is 8.72. The smallest absolute Gasteiger partial charge is 0.134 e. The molecule has 0 amide bonds. The van der Waals surface area contributed by atoms with Crippen molar-refractivity contribution >= 4 is 11.0 Å². The number of methoxy groups -OCH3 is 1. The van der Waals surface area contributed by atoms with Gasteiger partial charge in [0.2, 0.25) is 0 Å². The van der Waals surface area contributed by atoms with Gasteiger partial charge in [-0.05, 0) is 37.8 Å². The Bertz CT molecular complexity index is 935. The predicted octanol–water partition coefficient (Wildman–Crippen LogP) is 4.18. The number of ether oxygens (including phenoxy) is 1. The second-order valence-electron chi connectivity index (χ2n) is 8.41. The molecule has 0 saturated heterocycles.